The second-order valence-corrected chi connectivity index (χ2v) is 7.94. The molecular weight excluding hydrogens is 252 g/mol. The summed E-state index contributed by atoms with van der Waals surface area (Å²) in [6, 6.07) is 0. The van der Waals surface area contributed by atoms with Crippen LogP contribution in [-0.2, 0) is 0 Å². The Morgan fingerprint density at radius 2 is 1.19 bits per heavy atom. The number of rotatable bonds is 13. The van der Waals surface area contributed by atoms with Crippen molar-refractivity contribution >= 4 is 0 Å². The van der Waals surface area contributed by atoms with E-state index in [0.29, 0.717) is 0 Å². The molecule has 0 heteroatoms. The average Bonchev–Trinajstić information content (AvgIpc) is 2.45. The first-order chi connectivity index (χ1) is 9.96. The third kappa shape index (κ3) is 9.59. The van der Waals surface area contributed by atoms with Crippen LogP contribution in [0.2, 0.25) is 0 Å². The fourth-order valence-corrected chi connectivity index (χ4v) is 3.99. The first kappa shape index (κ1) is 21.0. The van der Waals surface area contributed by atoms with E-state index in [1.165, 1.54) is 57.8 Å². The summed E-state index contributed by atoms with van der Waals surface area (Å²) in [7, 11) is 0. The maximum Gasteiger partial charge on any atom is -0.0368 e. The standard InChI is InChI=1S/C21H44/c1-8-18(6)13-11-15-20(9-2)16-12-14-19(7)21(10-3)17(4)5/h17-21H,8-16H2,1-7H3. The average molecular weight is 297 g/mol. The van der Waals surface area contributed by atoms with E-state index in [2.05, 4.69) is 48.5 Å². The highest BCUT2D eigenvalue weighted by Crippen LogP contribution is 2.29. The molecule has 0 nitrogen and oxygen atoms in total. The van der Waals surface area contributed by atoms with Gasteiger partial charge in [0.15, 0.2) is 0 Å². The van der Waals surface area contributed by atoms with Crippen molar-refractivity contribution in [1.82, 2.24) is 0 Å². The molecule has 4 atom stereocenters. The minimum Gasteiger partial charge on any atom is -0.0651 e. The van der Waals surface area contributed by atoms with E-state index >= 15 is 0 Å². The van der Waals surface area contributed by atoms with Gasteiger partial charge in [-0.05, 0) is 29.6 Å². The number of hydrogen-bond donors (Lipinski definition) is 0. The lowest BCUT2D eigenvalue weighted by Gasteiger charge is -2.27. The van der Waals surface area contributed by atoms with E-state index in [9.17, 15) is 0 Å². The lowest BCUT2D eigenvalue weighted by atomic mass is 9.79. The van der Waals surface area contributed by atoms with Gasteiger partial charge in [-0.3, -0.25) is 0 Å². The van der Waals surface area contributed by atoms with Gasteiger partial charge >= 0.3 is 0 Å². The van der Waals surface area contributed by atoms with Gasteiger partial charge in [0, 0.05) is 0 Å². The third-order valence-corrected chi connectivity index (χ3v) is 5.91. The monoisotopic (exact) mass is 296 g/mol. The van der Waals surface area contributed by atoms with Crippen LogP contribution in [0.3, 0.4) is 0 Å². The molecule has 0 aliphatic carbocycles. The molecular formula is C21H44. The van der Waals surface area contributed by atoms with Crippen LogP contribution in [0.15, 0.2) is 0 Å². The zero-order valence-electron chi connectivity index (χ0n) is 16.3. The molecule has 4 unspecified atom stereocenters. The first-order valence-electron chi connectivity index (χ1n) is 9.96. The highest BCUT2D eigenvalue weighted by atomic mass is 14.2. The van der Waals surface area contributed by atoms with Crippen molar-refractivity contribution < 1.29 is 0 Å². The van der Waals surface area contributed by atoms with Crippen molar-refractivity contribution in [3.63, 3.8) is 0 Å². The molecule has 0 bridgehead atoms. The molecule has 0 aromatic rings. The Morgan fingerprint density at radius 1 is 0.619 bits per heavy atom. The van der Waals surface area contributed by atoms with Gasteiger partial charge in [0.25, 0.3) is 0 Å². The van der Waals surface area contributed by atoms with E-state index in [1.54, 1.807) is 0 Å². The van der Waals surface area contributed by atoms with Crippen LogP contribution < -0.4 is 0 Å². The summed E-state index contributed by atoms with van der Waals surface area (Å²) in [4.78, 5) is 0. The highest BCUT2D eigenvalue weighted by Gasteiger charge is 2.19. The lowest BCUT2D eigenvalue weighted by Crippen LogP contribution is -2.17. The quantitative estimate of drug-likeness (QED) is 0.326. The Kier molecular flexibility index (Phi) is 12.5. The van der Waals surface area contributed by atoms with Crippen LogP contribution in [0, 0.1) is 29.6 Å². The van der Waals surface area contributed by atoms with Crippen LogP contribution in [0.1, 0.15) is 106 Å². The van der Waals surface area contributed by atoms with E-state index < -0.39 is 0 Å². The largest absolute Gasteiger partial charge is 0.0651 e. The van der Waals surface area contributed by atoms with Crippen LogP contribution >= 0.6 is 0 Å². The summed E-state index contributed by atoms with van der Waals surface area (Å²) in [5.41, 5.74) is 0. The molecule has 0 heterocycles. The first-order valence-corrected chi connectivity index (χ1v) is 9.96. The fraction of sp³-hybridized carbons (Fsp3) is 1.00. The summed E-state index contributed by atoms with van der Waals surface area (Å²) in [5.74, 6) is 4.60. The van der Waals surface area contributed by atoms with Gasteiger partial charge in [-0.15, -0.1) is 0 Å². The zero-order chi connectivity index (χ0) is 16.3. The van der Waals surface area contributed by atoms with E-state index in [1.807, 2.05) is 0 Å². The van der Waals surface area contributed by atoms with Crippen molar-refractivity contribution in [2.24, 2.45) is 29.6 Å². The summed E-state index contributed by atoms with van der Waals surface area (Å²) in [5, 5.41) is 0. The zero-order valence-corrected chi connectivity index (χ0v) is 16.3. The molecule has 128 valence electrons. The molecule has 0 saturated carbocycles. The predicted octanol–water partition coefficient (Wildman–Crippen LogP) is 7.72. The molecule has 0 radical (unpaired) electrons. The number of hydrogen-bond acceptors (Lipinski definition) is 0. The smallest absolute Gasteiger partial charge is 0.0368 e. The third-order valence-electron chi connectivity index (χ3n) is 5.91. The maximum atomic E-state index is 2.48. The van der Waals surface area contributed by atoms with Gasteiger partial charge in [0.1, 0.15) is 0 Å². The maximum absolute atomic E-state index is 2.48. The van der Waals surface area contributed by atoms with Crippen LogP contribution in [0.5, 0.6) is 0 Å². The Bertz CT molecular complexity index is 218. The minimum atomic E-state index is 0.850. The highest BCUT2D eigenvalue weighted by molar-refractivity contribution is 4.69. The van der Waals surface area contributed by atoms with Crippen molar-refractivity contribution in [2.45, 2.75) is 106 Å². The molecule has 0 fully saturated rings. The van der Waals surface area contributed by atoms with Crippen LogP contribution in [0.4, 0.5) is 0 Å². The molecule has 0 rings (SSSR count). The summed E-state index contributed by atoms with van der Waals surface area (Å²) in [6.45, 7) is 16.8. The molecule has 0 spiro atoms. The summed E-state index contributed by atoms with van der Waals surface area (Å²) >= 11 is 0. The van der Waals surface area contributed by atoms with Crippen molar-refractivity contribution in [3.05, 3.63) is 0 Å². The van der Waals surface area contributed by atoms with Gasteiger partial charge < -0.3 is 0 Å². The molecule has 0 aromatic heterocycles. The SMILES string of the molecule is CCC(C)CCCC(CC)CCCC(C)C(CC)C(C)C. The Morgan fingerprint density at radius 3 is 1.62 bits per heavy atom. The molecule has 0 aliphatic rings. The lowest BCUT2D eigenvalue weighted by molar-refractivity contribution is 0.238. The topological polar surface area (TPSA) is 0 Å². The predicted molar refractivity (Wildman–Crippen MR) is 98.7 cm³/mol. The normalized spacial score (nSPS) is 17.7. The second kappa shape index (κ2) is 12.5. The Balaban J connectivity index is 3.90. The van der Waals surface area contributed by atoms with Gasteiger partial charge in [0.2, 0.25) is 0 Å². The molecule has 0 amide bonds. The van der Waals surface area contributed by atoms with E-state index in [0.717, 1.165) is 29.6 Å². The van der Waals surface area contributed by atoms with Crippen LogP contribution in [-0.4, -0.2) is 0 Å². The van der Waals surface area contributed by atoms with Gasteiger partial charge in [-0.2, -0.15) is 0 Å². The molecule has 21 heavy (non-hydrogen) atoms. The van der Waals surface area contributed by atoms with Crippen molar-refractivity contribution in [1.29, 1.82) is 0 Å². The Hall–Kier alpha value is 0. The van der Waals surface area contributed by atoms with Gasteiger partial charge in [-0.1, -0.05) is 106 Å². The van der Waals surface area contributed by atoms with E-state index in [4.69, 9.17) is 0 Å². The van der Waals surface area contributed by atoms with Gasteiger partial charge in [-0.25, -0.2) is 0 Å². The molecule has 0 saturated heterocycles. The molecule has 0 aliphatic heterocycles. The Labute approximate surface area is 136 Å². The molecule has 0 N–H and O–H groups in total. The summed E-state index contributed by atoms with van der Waals surface area (Å²) in [6.07, 6.45) is 12.8. The van der Waals surface area contributed by atoms with Crippen molar-refractivity contribution in [3.8, 4) is 0 Å². The van der Waals surface area contributed by atoms with Crippen molar-refractivity contribution in [2.75, 3.05) is 0 Å². The van der Waals surface area contributed by atoms with Gasteiger partial charge in [0.05, 0.1) is 0 Å². The molecule has 0 aromatic carbocycles. The van der Waals surface area contributed by atoms with Crippen LogP contribution in [0.25, 0.3) is 0 Å². The summed E-state index contributed by atoms with van der Waals surface area (Å²) < 4.78 is 0. The minimum absolute atomic E-state index is 0.850. The fourth-order valence-electron chi connectivity index (χ4n) is 3.99. The van der Waals surface area contributed by atoms with E-state index in [-0.39, 0.29) is 0 Å². The second-order valence-electron chi connectivity index (χ2n) is 7.94.